The van der Waals surface area contributed by atoms with Crippen molar-refractivity contribution in [3.63, 3.8) is 0 Å². The van der Waals surface area contributed by atoms with Crippen molar-refractivity contribution in [2.75, 3.05) is 17.6 Å². The van der Waals surface area contributed by atoms with Crippen molar-refractivity contribution < 1.29 is 0 Å². The Hall–Kier alpha value is -1.32. The lowest BCUT2D eigenvalue weighted by atomic mass is 10.1. The smallest absolute Gasteiger partial charge is 0.222 e. The third-order valence-corrected chi connectivity index (χ3v) is 2.66. The molecule has 0 aromatic carbocycles. The first-order valence-electron chi connectivity index (χ1n) is 6.05. The van der Waals surface area contributed by atoms with Crippen LogP contribution in [0.25, 0.3) is 0 Å². The zero-order valence-electron chi connectivity index (χ0n) is 10.5. The molecule has 0 spiro atoms. The maximum atomic E-state index is 5.65. The Morgan fingerprint density at radius 3 is 2.56 bits per heavy atom. The lowest BCUT2D eigenvalue weighted by molar-refractivity contribution is 0.741. The van der Waals surface area contributed by atoms with Crippen LogP contribution in [-0.4, -0.2) is 16.5 Å². The summed E-state index contributed by atoms with van der Waals surface area (Å²) in [4.78, 5) is 8.43. The summed E-state index contributed by atoms with van der Waals surface area (Å²) in [5.74, 6) is 1.26. The molecule has 1 heterocycles. The number of hydrogen-bond donors (Lipinski definition) is 2. The van der Waals surface area contributed by atoms with E-state index in [1.165, 1.54) is 24.8 Å². The van der Waals surface area contributed by atoms with Gasteiger partial charge < -0.3 is 11.1 Å². The molecule has 0 radical (unpaired) electrons. The summed E-state index contributed by atoms with van der Waals surface area (Å²) in [5.41, 5.74) is 7.80. The Kier molecular flexibility index (Phi) is 5.02. The van der Waals surface area contributed by atoms with Crippen LogP contribution in [0.3, 0.4) is 0 Å². The van der Waals surface area contributed by atoms with Crippen LogP contribution < -0.4 is 11.1 Å². The summed E-state index contributed by atoms with van der Waals surface area (Å²) < 4.78 is 0. The van der Waals surface area contributed by atoms with Crippen LogP contribution in [0.5, 0.6) is 0 Å². The molecule has 4 heteroatoms. The molecule has 0 saturated heterocycles. The van der Waals surface area contributed by atoms with E-state index in [0.717, 1.165) is 24.5 Å². The highest BCUT2D eigenvalue weighted by Gasteiger charge is 2.07. The van der Waals surface area contributed by atoms with Gasteiger partial charge in [-0.2, -0.15) is 4.98 Å². The Balaban J connectivity index is 2.69. The van der Waals surface area contributed by atoms with E-state index in [1.807, 2.05) is 6.92 Å². The molecule has 1 aromatic rings. The maximum Gasteiger partial charge on any atom is 0.222 e. The molecule has 90 valence electrons. The predicted octanol–water partition coefficient (Wildman–Crippen LogP) is 2.53. The Bertz CT molecular complexity index is 336. The number of unbranched alkanes of at least 4 members (excludes halogenated alkanes) is 2. The summed E-state index contributed by atoms with van der Waals surface area (Å²) >= 11 is 0. The van der Waals surface area contributed by atoms with Gasteiger partial charge in [-0.05, 0) is 19.8 Å². The summed E-state index contributed by atoms with van der Waals surface area (Å²) in [6, 6.07) is 0. The maximum absolute atomic E-state index is 5.65. The van der Waals surface area contributed by atoms with Gasteiger partial charge in [0.2, 0.25) is 5.95 Å². The minimum absolute atomic E-state index is 0.354. The van der Waals surface area contributed by atoms with Crippen LogP contribution in [0.15, 0.2) is 0 Å². The van der Waals surface area contributed by atoms with E-state index in [4.69, 9.17) is 5.73 Å². The molecular formula is C12H22N4. The van der Waals surface area contributed by atoms with Gasteiger partial charge in [0.1, 0.15) is 5.82 Å². The standard InChI is InChI=1S/C12H22N4/c1-4-6-7-8-14-11-10(5-2)9(3)15-12(13)16-11/h4-8H2,1-3H3,(H3,13,14,15,16). The zero-order chi connectivity index (χ0) is 12.0. The van der Waals surface area contributed by atoms with E-state index < -0.39 is 0 Å². The highest BCUT2D eigenvalue weighted by molar-refractivity contribution is 5.49. The molecule has 1 aromatic heterocycles. The number of anilines is 2. The van der Waals surface area contributed by atoms with Gasteiger partial charge in [0.25, 0.3) is 0 Å². The van der Waals surface area contributed by atoms with Gasteiger partial charge in [-0.15, -0.1) is 0 Å². The van der Waals surface area contributed by atoms with Crippen molar-refractivity contribution in [3.05, 3.63) is 11.3 Å². The topological polar surface area (TPSA) is 63.8 Å². The molecule has 0 aliphatic heterocycles. The number of hydrogen-bond acceptors (Lipinski definition) is 4. The summed E-state index contributed by atoms with van der Waals surface area (Å²) in [6.07, 6.45) is 4.58. The third kappa shape index (κ3) is 3.36. The second-order valence-electron chi connectivity index (χ2n) is 3.98. The molecule has 0 fully saturated rings. The molecule has 1 rings (SSSR count). The normalized spacial score (nSPS) is 10.4. The van der Waals surface area contributed by atoms with Gasteiger partial charge in [0.05, 0.1) is 0 Å². The molecule has 0 aliphatic carbocycles. The van der Waals surface area contributed by atoms with Crippen molar-refractivity contribution in [3.8, 4) is 0 Å². The molecule has 16 heavy (non-hydrogen) atoms. The molecule has 0 aliphatic rings. The van der Waals surface area contributed by atoms with E-state index in [-0.39, 0.29) is 0 Å². The van der Waals surface area contributed by atoms with Gasteiger partial charge in [0, 0.05) is 17.8 Å². The second-order valence-corrected chi connectivity index (χ2v) is 3.98. The van der Waals surface area contributed by atoms with Gasteiger partial charge in [0.15, 0.2) is 0 Å². The highest BCUT2D eigenvalue weighted by Crippen LogP contribution is 2.17. The lowest BCUT2D eigenvalue weighted by Gasteiger charge is -2.12. The van der Waals surface area contributed by atoms with Crippen molar-refractivity contribution in [2.45, 2.75) is 46.5 Å². The summed E-state index contributed by atoms with van der Waals surface area (Å²) in [7, 11) is 0. The number of nitrogens with two attached hydrogens (primary N) is 1. The van der Waals surface area contributed by atoms with E-state index in [2.05, 4.69) is 29.1 Å². The summed E-state index contributed by atoms with van der Waals surface area (Å²) in [6.45, 7) is 7.24. The SMILES string of the molecule is CCCCCNc1nc(N)nc(C)c1CC. The van der Waals surface area contributed by atoms with Gasteiger partial charge >= 0.3 is 0 Å². The van der Waals surface area contributed by atoms with Gasteiger partial charge in [-0.25, -0.2) is 4.98 Å². The van der Waals surface area contributed by atoms with Crippen LogP contribution in [-0.2, 0) is 6.42 Å². The lowest BCUT2D eigenvalue weighted by Crippen LogP contribution is -2.10. The number of rotatable bonds is 6. The third-order valence-electron chi connectivity index (χ3n) is 2.66. The van der Waals surface area contributed by atoms with Crippen LogP contribution in [0.1, 0.15) is 44.4 Å². The quantitative estimate of drug-likeness (QED) is 0.726. The largest absolute Gasteiger partial charge is 0.370 e. The van der Waals surface area contributed by atoms with Crippen LogP contribution in [0, 0.1) is 6.92 Å². The first-order valence-corrected chi connectivity index (χ1v) is 6.05. The Morgan fingerprint density at radius 1 is 1.19 bits per heavy atom. The van der Waals surface area contributed by atoms with Crippen LogP contribution >= 0.6 is 0 Å². The predicted molar refractivity (Wildman–Crippen MR) is 68.6 cm³/mol. The number of nitrogens with zero attached hydrogens (tertiary/aromatic N) is 2. The number of nitrogen functional groups attached to an aromatic ring is 1. The van der Waals surface area contributed by atoms with E-state index in [1.54, 1.807) is 0 Å². The molecular weight excluding hydrogens is 200 g/mol. The number of aromatic nitrogens is 2. The number of nitrogens with one attached hydrogen (secondary N) is 1. The highest BCUT2D eigenvalue weighted by atomic mass is 15.1. The molecule has 0 saturated carbocycles. The molecule has 0 bridgehead atoms. The monoisotopic (exact) mass is 222 g/mol. The summed E-state index contributed by atoms with van der Waals surface area (Å²) in [5, 5.41) is 3.35. The average molecular weight is 222 g/mol. The Morgan fingerprint density at radius 2 is 1.94 bits per heavy atom. The van der Waals surface area contributed by atoms with Gasteiger partial charge in [-0.1, -0.05) is 26.7 Å². The van der Waals surface area contributed by atoms with Gasteiger partial charge in [-0.3, -0.25) is 0 Å². The Labute approximate surface area is 97.7 Å². The van der Waals surface area contributed by atoms with E-state index in [9.17, 15) is 0 Å². The van der Waals surface area contributed by atoms with E-state index >= 15 is 0 Å². The first-order chi connectivity index (χ1) is 7.69. The van der Waals surface area contributed by atoms with Crippen molar-refractivity contribution in [1.29, 1.82) is 0 Å². The minimum Gasteiger partial charge on any atom is -0.370 e. The zero-order valence-corrected chi connectivity index (χ0v) is 10.5. The van der Waals surface area contributed by atoms with Crippen LogP contribution in [0.2, 0.25) is 0 Å². The van der Waals surface area contributed by atoms with Crippen LogP contribution in [0.4, 0.5) is 11.8 Å². The van der Waals surface area contributed by atoms with Crippen molar-refractivity contribution >= 4 is 11.8 Å². The fraction of sp³-hybridized carbons (Fsp3) is 0.667. The average Bonchev–Trinajstić information content (AvgIpc) is 2.24. The fourth-order valence-electron chi connectivity index (χ4n) is 1.77. The molecule has 0 atom stereocenters. The molecule has 3 N–H and O–H groups in total. The molecule has 4 nitrogen and oxygen atoms in total. The minimum atomic E-state index is 0.354. The van der Waals surface area contributed by atoms with E-state index in [0.29, 0.717) is 5.95 Å². The van der Waals surface area contributed by atoms with Crippen molar-refractivity contribution in [2.24, 2.45) is 0 Å². The first kappa shape index (κ1) is 12.7. The number of aryl methyl sites for hydroxylation is 1. The fourth-order valence-corrected chi connectivity index (χ4v) is 1.77. The molecule has 0 amide bonds. The molecule has 0 unspecified atom stereocenters. The second kappa shape index (κ2) is 6.30. The van der Waals surface area contributed by atoms with Crippen molar-refractivity contribution in [1.82, 2.24) is 9.97 Å².